The minimum Gasteiger partial charge on any atom is -0.369 e. The highest BCUT2D eigenvalue weighted by molar-refractivity contribution is 5.78. The molecule has 116 valence electrons. The van der Waals surface area contributed by atoms with Gasteiger partial charge in [-0.05, 0) is 12.8 Å². The van der Waals surface area contributed by atoms with Crippen LogP contribution in [0.15, 0.2) is 6.20 Å². The average Bonchev–Trinajstić information content (AvgIpc) is 2.79. The monoisotopic (exact) mass is 303 g/mol. The van der Waals surface area contributed by atoms with E-state index < -0.39 is 11.7 Å². The Bertz CT molecular complexity index is 520. The van der Waals surface area contributed by atoms with Crippen molar-refractivity contribution in [1.29, 1.82) is 0 Å². The molecule has 0 aliphatic carbocycles. The van der Waals surface area contributed by atoms with Crippen LogP contribution in [0.1, 0.15) is 24.8 Å². The van der Waals surface area contributed by atoms with Crippen molar-refractivity contribution in [2.45, 2.75) is 25.4 Å². The third-order valence-electron chi connectivity index (χ3n) is 3.18. The number of carbonyl (C=O) groups excluding carboxylic acids is 1. The molecule has 1 amide bonds. The van der Waals surface area contributed by atoms with E-state index in [0.717, 1.165) is 6.42 Å². The lowest BCUT2D eigenvalue weighted by molar-refractivity contribution is -0.137. The van der Waals surface area contributed by atoms with Crippen LogP contribution in [0.5, 0.6) is 0 Å². The van der Waals surface area contributed by atoms with E-state index in [4.69, 9.17) is 5.73 Å². The van der Waals surface area contributed by atoms with Crippen molar-refractivity contribution >= 4 is 17.7 Å². The van der Waals surface area contributed by atoms with Crippen LogP contribution in [0.4, 0.5) is 24.9 Å². The SMILES string of the molecule is Nc1ncc(C(F)(F)F)c(NCCCN2CCCC2=O)n1. The summed E-state index contributed by atoms with van der Waals surface area (Å²) in [5.74, 6) is -0.458. The molecule has 1 fully saturated rings. The Morgan fingerprint density at radius 3 is 2.81 bits per heavy atom. The van der Waals surface area contributed by atoms with Crippen molar-refractivity contribution in [3.05, 3.63) is 11.8 Å². The first kappa shape index (κ1) is 15.3. The molecule has 1 aromatic heterocycles. The van der Waals surface area contributed by atoms with Crippen molar-refractivity contribution in [3.8, 4) is 0 Å². The summed E-state index contributed by atoms with van der Waals surface area (Å²) >= 11 is 0. The van der Waals surface area contributed by atoms with Crippen LogP contribution in [-0.4, -0.2) is 40.4 Å². The van der Waals surface area contributed by atoms with Gasteiger partial charge in [0.1, 0.15) is 11.4 Å². The molecule has 2 heterocycles. The quantitative estimate of drug-likeness (QED) is 0.805. The fourth-order valence-electron chi connectivity index (χ4n) is 2.15. The average molecular weight is 303 g/mol. The van der Waals surface area contributed by atoms with Crippen molar-refractivity contribution in [2.75, 3.05) is 30.7 Å². The zero-order valence-electron chi connectivity index (χ0n) is 11.3. The number of nitrogens with zero attached hydrogens (tertiary/aromatic N) is 3. The zero-order valence-corrected chi connectivity index (χ0v) is 11.3. The van der Waals surface area contributed by atoms with E-state index in [1.807, 2.05) is 0 Å². The molecule has 0 bridgehead atoms. The Balaban J connectivity index is 1.90. The van der Waals surface area contributed by atoms with Gasteiger partial charge in [-0.25, -0.2) is 4.98 Å². The van der Waals surface area contributed by atoms with E-state index in [0.29, 0.717) is 32.1 Å². The van der Waals surface area contributed by atoms with Gasteiger partial charge in [0, 0.05) is 32.3 Å². The van der Waals surface area contributed by atoms with Crippen LogP contribution in [0.25, 0.3) is 0 Å². The number of rotatable bonds is 5. The highest BCUT2D eigenvalue weighted by Crippen LogP contribution is 2.33. The van der Waals surface area contributed by atoms with Crippen LogP contribution < -0.4 is 11.1 Å². The topological polar surface area (TPSA) is 84.1 Å². The van der Waals surface area contributed by atoms with Crippen molar-refractivity contribution in [1.82, 2.24) is 14.9 Å². The first-order chi connectivity index (χ1) is 9.88. The van der Waals surface area contributed by atoms with Gasteiger partial charge < -0.3 is 16.0 Å². The number of nitrogen functional groups attached to an aromatic ring is 1. The molecule has 9 heteroatoms. The Morgan fingerprint density at radius 1 is 1.43 bits per heavy atom. The largest absolute Gasteiger partial charge is 0.421 e. The molecule has 0 aromatic carbocycles. The van der Waals surface area contributed by atoms with Crippen LogP contribution in [0, 0.1) is 0 Å². The molecule has 0 unspecified atom stereocenters. The number of hydrogen-bond donors (Lipinski definition) is 2. The predicted octanol–water partition coefficient (Wildman–Crippen LogP) is 1.50. The number of nitrogens with one attached hydrogen (secondary N) is 1. The summed E-state index contributed by atoms with van der Waals surface area (Å²) in [5, 5.41) is 2.61. The van der Waals surface area contributed by atoms with Gasteiger partial charge in [0.25, 0.3) is 0 Å². The molecule has 1 saturated heterocycles. The second-order valence-corrected chi connectivity index (χ2v) is 4.75. The molecular weight excluding hydrogens is 287 g/mol. The molecule has 6 nitrogen and oxygen atoms in total. The van der Waals surface area contributed by atoms with Gasteiger partial charge in [-0.1, -0.05) is 0 Å². The van der Waals surface area contributed by atoms with E-state index in [1.54, 1.807) is 4.90 Å². The molecule has 1 aromatic rings. The molecule has 21 heavy (non-hydrogen) atoms. The van der Waals surface area contributed by atoms with Gasteiger partial charge in [0.2, 0.25) is 11.9 Å². The van der Waals surface area contributed by atoms with E-state index >= 15 is 0 Å². The number of aromatic nitrogens is 2. The number of halogens is 3. The maximum atomic E-state index is 12.8. The second-order valence-electron chi connectivity index (χ2n) is 4.75. The summed E-state index contributed by atoms with van der Waals surface area (Å²) in [5.41, 5.74) is 4.36. The number of anilines is 2. The minimum atomic E-state index is -4.54. The lowest BCUT2D eigenvalue weighted by Crippen LogP contribution is -2.27. The summed E-state index contributed by atoms with van der Waals surface area (Å²) in [6, 6.07) is 0. The third kappa shape index (κ3) is 3.96. The normalized spacial score (nSPS) is 15.6. The lowest BCUT2D eigenvalue weighted by Gasteiger charge is -2.16. The van der Waals surface area contributed by atoms with Crippen molar-refractivity contribution in [2.24, 2.45) is 0 Å². The van der Waals surface area contributed by atoms with Crippen LogP contribution in [-0.2, 0) is 11.0 Å². The number of likely N-dealkylation sites (tertiary alicyclic amines) is 1. The first-order valence-corrected chi connectivity index (χ1v) is 6.59. The van der Waals surface area contributed by atoms with Gasteiger partial charge in [0.15, 0.2) is 0 Å². The summed E-state index contributed by atoms with van der Waals surface area (Å²) in [4.78, 5) is 20.0. The molecule has 0 spiro atoms. The fourth-order valence-corrected chi connectivity index (χ4v) is 2.15. The molecule has 2 rings (SSSR count). The van der Waals surface area contributed by atoms with Crippen LogP contribution >= 0.6 is 0 Å². The first-order valence-electron chi connectivity index (χ1n) is 6.59. The molecule has 3 N–H and O–H groups in total. The van der Waals surface area contributed by atoms with Gasteiger partial charge in [-0.15, -0.1) is 0 Å². The van der Waals surface area contributed by atoms with Gasteiger partial charge >= 0.3 is 6.18 Å². The number of hydrogen-bond acceptors (Lipinski definition) is 5. The Kier molecular flexibility index (Phi) is 4.49. The van der Waals surface area contributed by atoms with Crippen LogP contribution in [0.2, 0.25) is 0 Å². The molecule has 0 radical (unpaired) electrons. The standard InChI is InChI=1S/C12H16F3N5O/c13-12(14,15)8-7-18-11(16)19-10(8)17-4-2-6-20-5-1-3-9(20)21/h7H,1-6H2,(H3,16,17,18,19). The molecule has 1 aliphatic rings. The van der Waals surface area contributed by atoms with E-state index in [2.05, 4.69) is 15.3 Å². The maximum Gasteiger partial charge on any atom is 0.421 e. The Labute approximate surface area is 119 Å². The fraction of sp³-hybridized carbons (Fsp3) is 0.583. The van der Waals surface area contributed by atoms with Gasteiger partial charge in [-0.3, -0.25) is 4.79 Å². The lowest BCUT2D eigenvalue weighted by atomic mass is 10.3. The van der Waals surface area contributed by atoms with Crippen molar-refractivity contribution in [3.63, 3.8) is 0 Å². The Hall–Kier alpha value is -2.06. The van der Waals surface area contributed by atoms with Gasteiger partial charge in [-0.2, -0.15) is 18.2 Å². The number of nitrogens with two attached hydrogens (primary N) is 1. The molecule has 1 aliphatic heterocycles. The predicted molar refractivity (Wildman–Crippen MR) is 70.4 cm³/mol. The molecule has 0 saturated carbocycles. The van der Waals surface area contributed by atoms with E-state index in [9.17, 15) is 18.0 Å². The highest BCUT2D eigenvalue weighted by Gasteiger charge is 2.35. The highest BCUT2D eigenvalue weighted by atomic mass is 19.4. The Morgan fingerprint density at radius 2 is 2.19 bits per heavy atom. The van der Waals surface area contributed by atoms with Crippen LogP contribution in [0.3, 0.4) is 0 Å². The summed E-state index contributed by atoms with van der Waals surface area (Å²) in [6.45, 7) is 1.50. The van der Waals surface area contributed by atoms with Crippen molar-refractivity contribution < 1.29 is 18.0 Å². The second kappa shape index (κ2) is 6.15. The van der Waals surface area contributed by atoms with E-state index in [1.165, 1.54) is 0 Å². The summed E-state index contributed by atoms with van der Waals surface area (Å²) < 4.78 is 38.3. The number of alkyl halides is 3. The van der Waals surface area contributed by atoms with E-state index in [-0.39, 0.29) is 24.2 Å². The zero-order chi connectivity index (χ0) is 15.5. The summed E-state index contributed by atoms with van der Waals surface area (Å²) in [7, 11) is 0. The third-order valence-corrected chi connectivity index (χ3v) is 3.18. The maximum absolute atomic E-state index is 12.8. The number of amides is 1. The number of carbonyl (C=O) groups is 1. The smallest absolute Gasteiger partial charge is 0.369 e. The molecule has 0 atom stereocenters. The van der Waals surface area contributed by atoms with Gasteiger partial charge in [0.05, 0.1) is 0 Å². The summed E-state index contributed by atoms with van der Waals surface area (Å²) in [6.07, 6.45) is -1.95. The molecular formula is C12H16F3N5O. The minimum absolute atomic E-state index is 0.0947.